The van der Waals surface area contributed by atoms with Gasteiger partial charge < -0.3 is 9.32 Å². The van der Waals surface area contributed by atoms with E-state index in [1.807, 2.05) is 23.5 Å². The molecule has 0 spiro atoms. The molecule has 0 fully saturated rings. The van der Waals surface area contributed by atoms with E-state index in [1.165, 1.54) is 58.9 Å². The van der Waals surface area contributed by atoms with Gasteiger partial charge in [0, 0.05) is 42.3 Å². The molecular weight excluding hydrogens is 687 g/mol. The molecule has 11 aromatic rings. The van der Waals surface area contributed by atoms with Gasteiger partial charge in [-0.1, -0.05) is 133 Å². The molecule has 0 saturated heterocycles. The van der Waals surface area contributed by atoms with E-state index in [4.69, 9.17) is 4.42 Å². The van der Waals surface area contributed by atoms with Crippen molar-refractivity contribution in [3.63, 3.8) is 0 Å². The fourth-order valence-corrected chi connectivity index (χ4v) is 9.35. The van der Waals surface area contributed by atoms with E-state index in [-0.39, 0.29) is 0 Å². The number of thiophene rings is 1. The molecule has 2 aromatic heterocycles. The van der Waals surface area contributed by atoms with E-state index < -0.39 is 0 Å². The Morgan fingerprint density at radius 1 is 0.364 bits per heavy atom. The summed E-state index contributed by atoms with van der Waals surface area (Å²) in [6, 6.07) is 72.3. The highest BCUT2D eigenvalue weighted by molar-refractivity contribution is 7.26. The van der Waals surface area contributed by atoms with E-state index >= 15 is 0 Å². The smallest absolute Gasteiger partial charge is 0.135 e. The molecule has 3 heteroatoms. The van der Waals surface area contributed by atoms with Gasteiger partial charge in [0.05, 0.1) is 5.69 Å². The summed E-state index contributed by atoms with van der Waals surface area (Å²) in [6.07, 6.45) is 0. The molecule has 0 aliphatic carbocycles. The summed E-state index contributed by atoms with van der Waals surface area (Å²) in [5.41, 5.74) is 12.4. The van der Waals surface area contributed by atoms with E-state index in [0.29, 0.717) is 0 Å². The van der Waals surface area contributed by atoms with Crippen molar-refractivity contribution >= 4 is 81.3 Å². The van der Waals surface area contributed by atoms with Gasteiger partial charge in [0.1, 0.15) is 11.2 Å². The van der Waals surface area contributed by atoms with Crippen LogP contribution >= 0.6 is 11.3 Å². The quantitative estimate of drug-likeness (QED) is 0.170. The monoisotopic (exact) mass is 719 g/mol. The molecule has 0 atom stereocenters. The molecule has 0 N–H and O–H groups in total. The molecule has 2 heterocycles. The molecule has 2 nitrogen and oxygen atoms in total. The Hall–Kier alpha value is -6.94. The number of para-hydroxylation sites is 1. The third-order valence-corrected chi connectivity index (χ3v) is 12.0. The van der Waals surface area contributed by atoms with E-state index in [2.05, 4.69) is 193 Å². The second-order valence-corrected chi connectivity index (χ2v) is 15.2. The average Bonchev–Trinajstić information content (AvgIpc) is 3.83. The number of hydrogen-bond acceptors (Lipinski definition) is 3. The summed E-state index contributed by atoms with van der Waals surface area (Å²) in [5.74, 6) is 0. The number of anilines is 3. The number of benzene rings is 9. The zero-order valence-electron chi connectivity index (χ0n) is 29.8. The fourth-order valence-electron chi connectivity index (χ4n) is 8.22. The number of fused-ring (bicyclic) bond motifs is 7. The van der Waals surface area contributed by atoms with Crippen LogP contribution in [0.15, 0.2) is 205 Å². The van der Waals surface area contributed by atoms with Crippen LogP contribution in [0.3, 0.4) is 0 Å². The molecule has 0 aliphatic heterocycles. The van der Waals surface area contributed by atoms with Crippen LogP contribution in [0.5, 0.6) is 0 Å². The molecular formula is C52H33NOS. The molecule has 0 radical (unpaired) electrons. The van der Waals surface area contributed by atoms with E-state index in [9.17, 15) is 0 Å². The SMILES string of the molecule is c1cc(-c2ccc(N(c3ccc(-c4ccc5oc6ccccc6c5c4)cc3)c3cccc4sc5ccccc5c34)cc2)cc(-c2cccc3ccccc23)c1. The van der Waals surface area contributed by atoms with Gasteiger partial charge in [0.2, 0.25) is 0 Å². The van der Waals surface area contributed by atoms with Crippen LogP contribution in [-0.4, -0.2) is 0 Å². The summed E-state index contributed by atoms with van der Waals surface area (Å²) < 4.78 is 8.70. The predicted octanol–water partition coefficient (Wildman–Crippen LogP) is 15.6. The lowest BCUT2D eigenvalue weighted by molar-refractivity contribution is 0.669. The molecule has 0 unspecified atom stereocenters. The van der Waals surface area contributed by atoms with Crippen LogP contribution in [0.4, 0.5) is 17.1 Å². The number of furan rings is 1. The maximum atomic E-state index is 6.12. The van der Waals surface area contributed by atoms with Crippen LogP contribution in [0.25, 0.3) is 86.3 Å². The first-order chi connectivity index (χ1) is 27.2. The van der Waals surface area contributed by atoms with Crippen molar-refractivity contribution in [2.45, 2.75) is 0 Å². The zero-order valence-corrected chi connectivity index (χ0v) is 30.6. The van der Waals surface area contributed by atoms with Gasteiger partial charge in [-0.3, -0.25) is 0 Å². The molecule has 258 valence electrons. The Bertz CT molecular complexity index is 3200. The maximum Gasteiger partial charge on any atom is 0.135 e. The van der Waals surface area contributed by atoms with Gasteiger partial charge in [0.15, 0.2) is 0 Å². The highest BCUT2D eigenvalue weighted by Crippen LogP contribution is 2.45. The average molecular weight is 720 g/mol. The van der Waals surface area contributed by atoms with Crippen LogP contribution in [0.1, 0.15) is 0 Å². The minimum absolute atomic E-state index is 0.910. The summed E-state index contributed by atoms with van der Waals surface area (Å²) in [7, 11) is 0. The topological polar surface area (TPSA) is 16.4 Å². The van der Waals surface area contributed by atoms with Crippen molar-refractivity contribution in [3.8, 4) is 33.4 Å². The Morgan fingerprint density at radius 2 is 0.945 bits per heavy atom. The first kappa shape index (κ1) is 31.6. The second-order valence-electron chi connectivity index (χ2n) is 14.1. The molecule has 0 amide bonds. The molecule has 0 saturated carbocycles. The minimum atomic E-state index is 0.910. The largest absolute Gasteiger partial charge is 0.456 e. The first-order valence-electron chi connectivity index (χ1n) is 18.7. The van der Waals surface area contributed by atoms with Crippen LogP contribution in [-0.2, 0) is 0 Å². The number of hydrogen-bond donors (Lipinski definition) is 0. The highest BCUT2D eigenvalue weighted by Gasteiger charge is 2.19. The lowest BCUT2D eigenvalue weighted by Gasteiger charge is -2.27. The number of nitrogens with zero attached hydrogens (tertiary/aromatic N) is 1. The standard InChI is InChI=1S/C52H33NOS/c1-2-14-42-36(10-1)11-8-17-43(42)39-13-7-12-37(32-39)34-22-27-40(28-23-34)53(47-18-9-21-51-52(47)45-16-4-6-20-50(45)55-51)41-29-24-35(25-30-41)38-26-31-49-46(33-38)44-15-3-5-19-48(44)54-49/h1-33H. The second kappa shape index (κ2) is 12.9. The third kappa shape index (κ3) is 5.40. The van der Waals surface area contributed by atoms with Crippen molar-refractivity contribution in [1.29, 1.82) is 0 Å². The van der Waals surface area contributed by atoms with Crippen molar-refractivity contribution in [2.24, 2.45) is 0 Å². The van der Waals surface area contributed by atoms with Crippen molar-refractivity contribution in [1.82, 2.24) is 0 Å². The van der Waals surface area contributed by atoms with Gasteiger partial charge >= 0.3 is 0 Å². The minimum Gasteiger partial charge on any atom is -0.456 e. The molecule has 0 bridgehead atoms. The van der Waals surface area contributed by atoms with Gasteiger partial charge in [0.25, 0.3) is 0 Å². The Morgan fingerprint density at radius 3 is 1.76 bits per heavy atom. The molecule has 9 aromatic carbocycles. The van der Waals surface area contributed by atoms with Gasteiger partial charge in [-0.2, -0.15) is 0 Å². The van der Waals surface area contributed by atoms with E-state index in [0.717, 1.165) is 44.4 Å². The summed E-state index contributed by atoms with van der Waals surface area (Å²) in [5, 5.41) is 7.35. The van der Waals surface area contributed by atoms with Crippen LogP contribution in [0.2, 0.25) is 0 Å². The summed E-state index contributed by atoms with van der Waals surface area (Å²) >= 11 is 1.85. The molecule has 55 heavy (non-hydrogen) atoms. The predicted molar refractivity (Wildman–Crippen MR) is 235 cm³/mol. The van der Waals surface area contributed by atoms with E-state index in [1.54, 1.807) is 0 Å². The lowest BCUT2D eigenvalue weighted by atomic mass is 9.95. The Labute approximate surface area is 322 Å². The third-order valence-electron chi connectivity index (χ3n) is 10.9. The fraction of sp³-hybridized carbons (Fsp3) is 0. The molecule has 0 aliphatic rings. The number of rotatable bonds is 6. The lowest BCUT2D eigenvalue weighted by Crippen LogP contribution is -2.10. The van der Waals surface area contributed by atoms with Crippen molar-refractivity contribution in [3.05, 3.63) is 200 Å². The highest BCUT2D eigenvalue weighted by atomic mass is 32.1. The van der Waals surface area contributed by atoms with Gasteiger partial charge in [-0.15, -0.1) is 11.3 Å². The Kier molecular flexibility index (Phi) is 7.39. The first-order valence-corrected chi connectivity index (χ1v) is 19.5. The normalized spacial score (nSPS) is 11.6. The van der Waals surface area contributed by atoms with Gasteiger partial charge in [-0.05, 0) is 111 Å². The van der Waals surface area contributed by atoms with Gasteiger partial charge in [-0.25, -0.2) is 0 Å². The maximum absolute atomic E-state index is 6.12. The van der Waals surface area contributed by atoms with Crippen molar-refractivity contribution < 1.29 is 4.42 Å². The molecule has 11 rings (SSSR count). The summed E-state index contributed by atoms with van der Waals surface area (Å²) in [6.45, 7) is 0. The van der Waals surface area contributed by atoms with Crippen molar-refractivity contribution in [2.75, 3.05) is 4.90 Å². The van der Waals surface area contributed by atoms with Crippen LogP contribution < -0.4 is 4.90 Å². The zero-order chi connectivity index (χ0) is 36.3. The van der Waals surface area contributed by atoms with Crippen LogP contribution in [0, 0.1) is 0 Å². The Balaban J connectivity index is 1.01. The summed E-state index contributed by atoms with van der Waals surface area (Å²) in [4.78, 5) is 2.41.